The van der Waals surface area contributed by atoms with Gasteiger partial charge in [0.05, 0.1) is 24.7 Å². The number of fused-ring (bicyclic) bond motifs is 1. The van der Waals surface area contributed by atoms with Crippen LogP contribution in [0.4, 0.5) is 11.5 Å². The van der Waals surface area contributed by atoms with Crippen LogP contribution in [-0.4, -0.2) is 46.3 Å². The van der Waals surface area contributed by atoms with Gasteiger partial charge in [-0.2, -0.15) is 0 Å². The van der Waals surface area contributed by atoms with Crippen LogP contribution in [0.5, 0.6) is 0 Å². The van der Waals surface area contributed by atoms with Gasteiger partial charge in [-0.1, -0.05) is 36.6 Å². The van der Waals surface area contributed by atoms with Gasteiger partial charge in [0.25, 0.3) is 0 Å². The van der Waals surface area contributed by atoms with Crippen molar-refractivity contribution in [1.82, 2.24) is 9.88 Å². The lowest BCUT2D eigenvalue weighted by atomic mass is 9.93. The van der Waals surface area contributed by atoms with Crippen molar-refractivity contribution in [3.05, 3.63) is 53.2 Å². The molecule has 1 saturated heterocycles. The number of carbonyl (C=O) groups excluding carboxylic acids is 1. The molecule has 1 aromatic heterocycles. The van der Waals surface area contributed by atoms with Crippen LogP contribution in [0.25, 0.3) is 0 Å². The molecule has 1 amide bonds. The Morgan fingerprint density at radius 2 is 2.03 bits per heavy atom. The van der Waals surface area contributed by atoms with Crippen molar-refractivity contribution >= 4 is 34.8 Å². The fraction of sp³-hybridized carbons (Fsp3) is 0.435. The number of hydrogen-bond donors (Lipinski definition) is 2. The number of pyridine rings is 1. The second kappa shape index (κ2) is 7.91. The molecule has 2 N–H and O–H groups in total. The van der Waals surface area contributed by atoms with E-state index in [1.165, 1.54) is 12.8 Å². The molecule has 3 aliphatic rings. The molecule has 2 aromatic rings. The van der Waals surface area contributed by atoms with Crippen molar-refractivity contribution in [3.8, 4) is 0 Å². The molecule has 5 rings (SSSR count). The van der Waals surface area contributed by atoms with Gasteiger partial charge in [-0.15, -0.1) is 0 Å². The average Bonchev–Trinajstić information content (AvgIpc) is 3.41. The van der Waals surface area contributed by atoms with E-state index in [9.17, 15) is 4.79 Å². The lowest BCUT2D eigenvalue weighted by Gasteiger charge is -2.38. The number of amidine groups is 1. The van der Waals surface area contributed by atoms with Crippen molar-refractivity contribution in [2.45, 2.75) is 50.1 Å². The molecule has 6 nitrogen and oxygen atoms in total. The number of rotatable bonds is 3. The molecule has 1 atom stereocenters. The summed E-state index contributed by atoms with van der Waals surface area (Å²) in [6.07, 6.45) is 7.74. The van der Waals surface area contributed by atoms with E-state index in [0.29, 0.717) is 30.6 Å². The van der Waals surface area contributed by atoms with Gasteiger partial charge in [0.1, 0.15) is 11.4 Å². The summed E-state index contributed by atoms with van der Waals surface area (Å²) in [6.45, 7) is 1.31. The minimum Gasteiger partial charge on any atom is -0.368 e. The van der Waals surface area contributed by atoms with Crippen LogP contribution in [-0.2, 0) is 11.2 Å². The van der Waals surface area contributed by atoms with E-state index in [2.05, 4.69) is 15.6 Å². The molecule has 0 unspecified atom stereocenters. The Bertz CT molecular complexity index is 970. The van der Waals surface area contributed by atoms with Crippen LogP contribution in [0.2, 0.25) is 5.02 Å². The average molecular weight is 424 g/mol. The summed E-state index contributed by atoms with van der Waals surface area (Å²) in [6, 6.07) is 11.8. The molecule has 1 aromatic carbocycles. The van der Waals surface area contributed by atoms with E-state index in [1.54, 1.807) is 6.20 Å². The quantitative estimate of drug-likeness (QED) is 0.778. The second-order valence-corrected chi connectivity index (χ2v) is 8.95. The largest absolute Gasteiger partial charge is 0.368 e. The van der Waals surface area contributed by atoms with Crippen molar-refractivity contribution in [2.24, 2.45) is 4.99 Å². The van der Waals surface area contributed by atoms with Crippen molar-refractivity contribution in [1.29, 1.82) is 0 Å². The number of anilines is 2. The first-order valence-electron chi connectivity index (χ1n) is 10.7. The Kier molecular flexibility index (Phi) is 5.11. The standard InChI is InChI=1S/C23H26ClN5O/c24-17-9-7-16(8-10-17)14-20(30)29-13-11-23(15-29)22(26-18-4-1-2-5-18)27-21-19(28-23)6-3-12-25-21/h3,6-10,12,18,28H,1-2,4-5,11,13-15H2,(H,25,26,27)/t23-/m1/s1. The van der Waals surface area contributed by atoms with E-state index in [0.717, 1.165) is 42.2 Å². The summed E-state index contributed by atoms with van der Waals surface area (Å²) in [5, 5.41) is 7.87. The highest BCUT2D eigenvalue weighted by Gasteiger charge is 2.47. The second-order valence-electron chi connectivity index (χ2n) is 8.52. The molecule has 0 bridgehead atoms. The Morgan fingerprint density at radius 3 is 2.83 bits per heavy atom. The number of aromatic nitrogens is 1. The molecule has 7 heteroatoms. The van der Waals surface area contributed by atoms with Gasteiger partial charge >= 0.3 is 0 Å². The molecule has 2 fully saturated rings. The van der Waals surface area contributed by atoms with Crippen molar-refractivity contribution in [3.63, 3.8) is 0 Å². The number of hydrogen-bond acceptors (Lipinski definition) is 4. The normalized spacial score (nSPS) is 24.7. The van der Waals surface area contributed by atoms with E-state index in [-0.39, 0.29) is 11.4 Å². The third-order valence-corrected chi connectivity index (χ3v) is 6.65. The Balaban J connectivity index is 1.38. The van der Waals surface area contributed by atoms with E-state index in [1.807, 2.05) is 41.3 Å². The molecule has 30 heavy (non-hydrogen) atoms. The van der Waals surface area contributed by atoms with E-state index in [4.69, 9.17) is 16.6 Å². The van der Waals surface area contributed by atoms with Gasteiger partial charge in [-0.25, -0.2) is 4.98 Å². The van der Waals surface area contributed by atoms with Gasteiger partial charge in [-0.3, -0.25) is 9.79 Å². The predicted octanol–water partition coefficient (Wildman–Crippen LogP) is 4.13. The zero-order valence-electron chi connectivity index (χ0n) is 16.9. The van der Waals surface area contributed by atoms with Crippen LogP contribution in [0.3, 0.4) is 0 Å². The third kappa shape index (κ3) is 3.76. The predicted molar refractivity (Wildman–Crippen MR) is 120 cm³/mol. The maximum atomic E-state index is 13.0. The number of nitrogens with one attached hydrogen (secondary N) is 2. The van der Waals surface area contributed by atoms with Gasteiger partial charge in [0, 0.05) is 17.8 Å². The van der Waals surface area contributed by atoms with Gasteiger partial charge < -0.3 is 15.5 Å². The summed E-state index contributed by atoms with van der Waals surface area (Å²) in [7, 11) is 0. The first kappa shape index (κ1) is 19.4. The van der Waals surface area contributed by atoms with Crippen LogP contribution in [0.15, 0.2) is 47.6 Å². The van der Waals surface area contributed by atoms with Gasteiger partial charge in [0.15, 0.2) is 5.82 Å². The monoisotopic (exact) mass is 423 g/mol. The van der Waals surface area contributed by atoms with Gasteiger partial charge in [0.2, 0.25) is 5.91 Å². The van der Waals surface area contributed by atoms with Crippen LogP contribution in [0, 0.1) is 0 Å². The van der Waals surface area contributed by atoms with E-state index >= 15 is 0 Å². The smallest absolute Gasteiger partial charge is 0.227 e. The zero-order chi connectivity index (χ0) is 20.6. The molecule has 3 heterocycles. The highest BCUT2D eigenvalue weighted by atomic mass is 35.5. The van der Waals surface area contributed by atoms with Crippen LogP contribution < -0.4 is 10.6 Å². The number of benzene rings is 1. The highest BCUT2D eigenvalue weighted by molar-refractivity contribution is 6.30. The first-order chi connectivity index (χ1) is 14.6. The maximum Gasteiger partial charge on any atom is 0.227 e. The minimum absolute atomic E-state index is 0.133. The summed E-state index contributed by atoms with van der Waals surface area (Å²) < 4.78 is 0. The molecule has 1 aliphatic carbocycles. The number of halogens is 1. The first-order valence-corrected chi connectivity index (χ1v) is 11.1. The number of aliphatic imine (C=N–C) groups is 1. The molecule has 156 valence electrons. The fourth-order valence-electron chi connectivity index (χ4n) is 4.73. The molecule has 1 spiro atoms. The third-order valence-electron chi connectivity index (χ3n) is 6.40. The number of amides is 1. The van der Waals surface area contributed by atoms with Crippen molar-refractivity contribution in [2.75, 3.05) is 23.7 Å². The fourth-order valence-corrected chi connectivity index (χ4v) is 4.86. The summed E-state index contributed by atoms with van der Waals surface area (Å²) in [5.74, 6) is 1.88. The Morgan fingerprint density at radius 1 is 1.23 bits per heavy atom. The van der Waals surface area contributed by atoms with Crippen LogP contribution >= 0.6 is 11.6 Å². The number of likely N-dealkylation sites (tertiary alicyclic amines) is 1. The highest BCUT2D eigenvalue weighted by Crippen LogP contribution is 2.36. The van der Waals surface area contributed by atoms with Gasteiger partial charge in [-0.05, 0) is 49.1 Å². The number of carbonyl (C=O) groups is 1. The molecule has 2 aliphatic heterocycles. The molecule has 0 radical (unpaired) electrons. The Hall–Kier alpha value is -2.60. The lowest BCUT2D eigenvalue weighted by molar-refractivity contribution is -0.129. The SMILES string of the molecule is O=C(Cc1ccc(Cl)cc1)N1CC[C@]2(C1)Nc1cccnc1NC2=NC1CCCC1. The molecular weight excluding hydrogens is 398 g/mol. The molecular formula is C23H26ClN5O. The Labute approximate surface area is 181 Å². The maximum absolute atomic E-state index is 13.0. The summed E-state index contributed by atoms with van der Waals surface area (Å²) in [5.41, 5.74) is 1.57. The van der Waals surface area contributed by atoms with E-state index < -0.39 is 0 Å². The minimum atomic E-state index is -0.381. The summed E-state index contributed by atoms with van der Waals surface area (Å²) in [4.78, 5) is 24.5. The topological polar surface area (TPSA) is 69.6 Å². The van der Waals surface area contributed by atoms with Crippen molar-refractivity contribution < 1.29 is 4.79 Å². The van der Waals surface area contributed by atoms with Crippen LogP contribution in [0.1, 0.15) is 37.7 Å². The summed E-state index contributed by atoms with van der Waals surface area (Å²) >= 11 is 5.97. The number of nitrogens with zero attached hydrogens (tertiary/aromatic N) is 3. The zero-order valence-corrected chi connectivity index (χ0v) is 17.7. The molecule has 1 saturated carbocycles. The lowest BCUT2D eigenvalue weighted by Crippen LogP contribution is -2.55.